The Kier molecular flexibility index (Phi) is 4.31. The summed E-state index contributed by atoms with van der Waals surface area (Å²) < 4.78 is 0. The van der Waals surface area contributed by atoms with Crippen LogP contribution in [0, 0.1) is 0 Å². The highest BCUT2D eigenvalue weighted by molar-refractivity contribution is 7.07. The molecule has 0 amide bonds. The van der Waals surface area contributed by atoms with E-state index < -0.39 is 0 Å². The van der Waals surface area contributed by atoms with Gasteiger partial charge in [0.15, 0.2) is 0 Å². The predicted octanol–water partition coefficient (Wildman–Crippen LogP) is 1.53. The van der Waals surface area contributed by atoms with Crippen molar-refractivity contribution in [2.45, 2.75) is 25.5 Å². The second kappa shape index (κ2) is 6.36. The van der Waals surface area contributed by atoms with E-state index in [9.17, 15) is 5.11 Å². The first-order chi connectivity index (χ1) is 10.2. The van der Waals surface area contributed by atoms with Crippen LogP contribution < -0.4 is 9.80 Å². The third-order valence-electron chi connectivity index (χ3n) is 3.64. The van der Waals surface area contributed by atoms with Crippen molar-refractivity contribution in [3.63, 3.8) is 0 Å². The molecule has 0 radical (unpaired) electrons. The topological polar surface area (TPSA) is 65.4 Å². The maximum atomic E-state index is 9.59. The van der Waals surface area contributed by atoms with Crippen molar-refractivity contribution < 1.29 is 5.11 Å². The molecule has 2 aromatic heterocycles. The summed E-state index contributed by atoms with van der Waals surface area (Å²) in [6.45, 7) is 2.38. The van der Waals surface area contributed by atoms with Crippen molar-refractivity contribution in [2.24, 2.45) is 0 Å². The van der Waals surface area contributed by atoms with Crippen LogP contribution in [-0.2, 0) is 6.54 Å². The molecule has 0 saturated carbocycles. The molecular weight excluding hydrogens is 286 g/mol. The lowest BCUT2D eigenvalue weighted by Crippen LogP contribution is -2.36. The first kappa shape index (κ1) is 14.2. The van der Waals surface area contributed by atoms with E-state index >= 15 is 0 Å². The van der Waals surface area contributed by atoms with E-state index in [2.05, 4.69) is 19.9 Å². The summed E-state index contributed by atoms with van der Waals surface area (Å²) >= 11 is 1.59. The highest BCUT2D eigenvalue weighted by atomic mass is 32.1. The number of aliphatic hydroxyl groups is 1. The van der Waals surface area contributed by atoms with Gasteiger partial charge in [0, 0.05) is 31.7 Å². The summed E-state index contributed by atoms with van der Waals surface area (Å²) in [4.78, 5) is 17.5. The van der Waals surface area contributed by atoms with Crippen molar-refractivity contribution in [1.82, 2.24) is 15.0 Å². The molecular formula is C14H19N5OS. The van der Waals surface area contributed by atoms with Crippen LogP contribution in [0.3, 0.4) is 0 Å². The third kappa shape index (κ3) is 3.48. The Hall–Kier alpha value is -1.73. The zero-order valence-corrected chi connectivity index (χ0v) is 12.8. The van der Waals surface area contributed by atoms with Crippen LogP contribution in [0.2, 0.25) is 0 Å². The minimum absolute atomic E-state index is 0.171. The number of thiazole rings is 1. The largest absolute Gasteiger partial charge is 0.393 e. The quantitative estimate of drug-likeness (QED) is 0.924. The molecule has 0 aromatic carbocycles. The van der Waals surface area contributed by atoms with Crippen molar-refractivity contribution in [3.05, 3.63) is 28.8 Å². The average molecular weight is 305 g/mol. The monoisotopic (exact) mass is 305 g/mol. The normalized spacial score (nSPS) is 16.2. The fourth-order valence-electron chi connectivity index (χ4n) is 2.42. The Balaban J connectivity index is 1.70. The van der Waals surface area contributed by atoms with Gasteiger partial charge in [0.1, 0.15) is 5.82 Å². The van der Waals surface area contributed by atoms with E-state index in [1.54, 1.807) is 17.5 Å². The van der Waals surface area contributed by atoms with Gasteiger partial charge < -0.3 is 14.9 Å². The van der Waals surface area contributed by atoms with E-state index in [-0.39, 0.29) is 6.10 Å². The van der Waals surface area contributed by atoms with E-state index in [4.69, 9.17) is 0 Å². The average Bonchev–Trinajstić information content (AvgIpc) is 3.01. The number of nitrogens with zero attached hydrogens (tertiary/aromatic N) is 5. The number of hydrogen-bond donors (Lipinski definition) is 1. The Morgan fingerprint density at radius 2 is 2.19 bits per heavy atom. The van der Waals surface area contributed by atoms with E-state index in [1.165, 1.54) is 0 Å². The summed E-state index contributed by atoms with van der Waals surface area (Å²) in [6, 6.07) is 1.93. The summed E-state index contributed by atoms with van der Waals surface area (Å²) in [5.74, 6) is 1.63. The van der Waals surface area contributed by atoms with Crippen LogP contribution in [0.4, 0.5) is 11.8 Å². The lowest BCUT2D eigenvalue weighted by Gasteiger charge is -2.30. The molecule has 0 atom stereocenters. The van der Waals surface area contributed by atoms with Crippen LogP contribution >= 0.6 is 11.3 Å². The molecule has 1 N–H and O–H groups in total. The molecule has 7 heteroatoms. The number of anilines is 2. The summed E-state index contributed by atoms with van der Waals surface area (Å²) in [5, 5.41) is 11.6. The minimum Gasteiger partial charge on any atom is -0.393 e. The van der Waals surface area contributed by atoms with Crippen LogP contribution in [0.25, 0.3) is 0 Å². The van der Waals surface area contributed by atoms with E-state index in [0.29, 0.717) is 12.5 Å². The molecule has 0 aliphatic carbocycles. The van der Waals surface area contributed by atoms with Gasteiger partial charge >= 0.3 is 0 Å². The Morgan fingerprint density at radius 3 is 2.90 bits per heavy atom. The molecule has 1 saturated heterocycles. The SMILES string of the molecule is CN(Cc1cscn1)c1nccc(N2CCC(O)CC2)n1. The molecule has 1 aliphatic heterocycles. The van der Waals surface area contributed by atoms with Gasteiger partial charge in [-0.3, -0.25) is 0 Å². The van der Waals surface area contributed by atoms with Gasteiger partial charge in [-0.25, -0.2) is 9.97 Å². The number of aromatic nitrogens is 3. The van der Waals surface area contributed by atoms with Gasteiger partial charge in [-0.1, -0.05) is 0 Å². The maximum Gasteiger partial charge on any atom is 0.227 e. The van der Waals surface area contributed by atoms with Gasteiger partial charge in [0.25, 0.3) is 0 Å². The standard InChI is InChI=1S/C14H19N5OS/c1-18(8-11-9-21-10-16-11)14-15-5-2-13(17-14)19-6-3-12(20)4-7-19/h2,5,9-10,12,20H,3-4,6-8H2,1H3. The van der Waals surface area contributed by atoms with Crippen molar-refractivity contribution >= 4 is 23.1 Å². The van der Waals surface area contributed by atoms with Crippen LogP contribution in [0.1, 0.15) is 18.5 Å². The summed E-state index contributed by atoms with van der Waals surface area (Å²) in [7, 11) is 1.97. The number of rotatable bonds is 4. The lowest BCUT2D eigenvalue weighted by molar-refractivity contribution is 0.145. The van der Waals surface area contributed by atoms with Gasteiger partial charge in [-0.15, -0.1) is 11.3 Å². The molecule has 112 valence electrons. The Labute approximate surface area is 128 Å². The molecule has 0 spiro atoms. The molecule has 2 aromatic rings. The third-order valence-corrected chi connectivity index (χ3v) is 4.28. The van der Waals surface area contributed by atoms with Crippen LogP contribution in [0.5, 0.6) is 0 Å². The van der Waals surface area contributed by atoms with Crippen molar-refractivity contribution in [1.29, 1.82) is 0 Å². The molecule has 0 bridgehead atoms. The lowest BCUT2D eigenvalue weighted by atomic mass is 10.1. The zero-order chi connectivity index (χ0) is 14.7. The Bertz CT molecular complexity index is 569. The fourth-order valence-corrected chi connectivity index (χ4v) is 2.97. The van der Waals surface area contributed by atoms with Gasteiger partial charge in [0.2, 0.25) is 5.95 Å². The van der Waals surface area contributed by atoms with E-state index in [0.717, 1.165) is 37.4 Å². The molecule has 0 unspecified atom stereocenters. The van der Waals surface area contributed by atoms with E-state index in [1.807, 2.05) is 28.9 Å². The molecule has 3 rings (SSSR count). The molecule has 1 fully saturated rings. The maximum absolute atomic E-state index is 9.59. The highest BCUT2D eigenvalue weighted by Gasteiger charge is 2.19. The Morgan fingerprint density at radius 1 is 1.38 bits per heavy atom. The number of piperidine rings is 1. The van der Waals surface area contributed by atoms with Crippen LogP contribution in [0.15, 0.2) is 23.2 Å². The van der Waals surface area contributed by atoms with Gasteiger partial charge in [-0.2, -0.15) is 4.98 Å². The van der Waals surface area contributed by atoms with Gasteiger partial charge in [-0.05, 0) is 18.9 Å². The fraction of sp³-hybridized carbons (Fsp3) is 0.500. The van der Waals surface area contributed by atoms with Gasteiger partial charge in [0.05, 0.1) is 23.9 Å². The second-order valence-electron chi connectivity index (χ2n) is 5.27. The number of hydrogen-bond acceptors (Lipinski definition) is 7. The first-order valence-corrected chi connectivity index (χ1v) is 8.01. The molecule has 3 heterocycles. The first-order valence-electron chi connectivity index (χ1n) is 7.06. The van der Waals surface area contributed by atoms with Crippen molar-refractivity contribution in [2.75, 3.05) is 29.9 Å². The second-order valence-corrected chi connectivity index (χ2v) is 5.99. The van der Waals surface area contributed by atoms with Crippen molar-refractivity contribution in [3.8, 4) is 0 Å². The predicted molar refractivity (Wildman–Crippen MR) is 83.7 cm³/mol. The number of aliphatic hydroxyl groups excluding tert-OH is 1. The molecule has 1 aliphatic rings. The summed E-state index contributed by atoms with van der Waals surface area (Å²) in [5.41, 5.74) is 2.86. The summed E-state index contributed by atoms with van der Waals surface area (Å²) in [6.07, 6.45) is 3.22. The molecule has 6 nitrogen and oxygen atoms in total. The van der Waals surface area contributed by atoms with Crippen LogP contribution in [-0.4, -0.2) is 46.3 Å². The molecule has 21 heavy (non-hydrogen) atoms. The zero-order valence-electron chi connectivity index (χ0n) is 12.0. The minimum atomic E-state index is -0.171. The smallest absolute Gasteiger partial charge is 0.227 e. The highest BCUT2D eigenvalue weighted by Crippen LogP contribution is 2.20.